The lowest BCUT2D eigenvalue weighted by Gasteiger charge is -2.44. The largest absolute Gasteiger partial charge is 0.441 e. The third kappa shape index (κ3) is 4.71. The number of halogens is 1. The van der Waals surface area contributed by atoms with E-state index in [9.17, 15) is 13.2 Å². The molecule has 0 unspecified atom stereocenters. The third-order valence-electron chi connectivity index (χ3n) is 6.17. The molecule has 2 aliphatic heterocycles. The fraction of sp³-hybridized carbons (Fsp3) is 0.667. The van der Waals surface area contributed by atoms with Gasteiger partial charge in [0, 0.05) is 24.2 Å². The zero-order valence-corrected chi connectivity index (χ0v) is 19.2. The lowest BCUT2D eigenvalue weighted by Crippen LogP contribution is -2.61. The summed E-state index contributed by atoms with van der Waals surface area (Å²) in [4.78, 5) is 14.6. The molecule has 10 heteroatoms. The van der Waals surface area contributed by atoms with Crippen LogP contribution in [0.5, 0.6) is 0 Å². The molecule has 1 aromatic rings. The van der Waals surface area contributed by atoms with Crippen molar-refractivity contribution < 1.29 is 27.4 Å². The first-order valence-corrected chi connectivity index (χ1v) is 12.6. The smallest absolute Gasteiger partial charge is 0.410 e. The number of hydrogen-bond acceptors (Lipinski definition) is 6. The maximum atomic E-state index is 13.7. The molecule has 2 atom stereocenters. The van der Waals surface area contributed by atoms with Crippen molar-refractivity contribution in [2.24, 2.45) is 0 Å². The topological polar surface area (TPSA) is 85.4 Å². The van der Waals surface area contributed by atoms with Crippen LogP contribution >= 0.6 is 11.6 Å². The molecule has 0 radical (unpaired) electrons. The van der Waals surface area contributed by atoms with E-state index in [0.717, 1.165) is 6.42 Å². The Balaban J connectivity index is 1.62. The first kappa shape index (κ1) is 22.8. The fourth-order valence-electron chi connectivity index (χ4n) is 4.35. The molecule has 1 amide bonds. The molecule has 1 aliphatic carbocycles. The van der Waals surface area contributed by atoms with Gasteiger partial charge in [-0.25, -0.2) is 13.2 Å². The highest BCUT2D eigenvalue weighted by molar-refractivity contribution is 7.89. The molecule has 172 valence electrons. The van der Waals surface area contributed by atoms with Crippen molar-refractivity contribution in [3.8, 4) is 0 Å². The molecule has 0 aromatic heterocycles. The minimum Gasteiger partial charge on any atom is -0.441 e. The second kappa shape index (κ2) is 9.23. The van der Waals surface area contributed by atoms with Gasteiger partial charge >= 0.3 is 6.09 Å². The van der Waals surface area contributed by atoms with Crippen LogP contribution in [0.25, 0.3) is 0 Å². The van der Waals surface area contributed by atoms with Crippen molar-refractivity contribution in [2.75, 3.05) is 39.5 Å². The first-order chi connectivity index (χ1) is 14.9. The summed E-state index contributed by atoms with van der Waals surface area (Å²) in [5.74, 6) is 0. The van der Waals surface area contributed by atoms with E-state index in [0.29, 0.717) is 57.2 Å². The van der Waals surface area contributed by atoms with E-state index in [1.54, 1.807) is 21.3 Å². The van der Waals surface area contributed by atoms with E-state index in [1.165, 1.54) is 12.1 Å². The van der Waals surface area contributed by atoms with E-state index in [-0.39, 0.29) is 17.5 Å². The van der Waals surface area contributed by atoms with E-state index < -0.39 is 27.8 Å². The number of morpholine rings is 2. The molecule has 0 spiro atoms. The average Bonchev–Trinajstić information content (AvgIpc) is 3.55. The van der Waals surface area contributed by atoms with Gasteiger partial charge in [-0.2, -0.15) is 4.31 Å². The van der Waals surface area contributed by atoms with Gasteiger partial charge in [0.05, 0.1) is 37.4 Å². The van der Waals surface area contributed by atoms with Gasteiger partial charge in [0.1, 0.15) is 5.60 Å². The normalized spacial score (nSPS) is 26.5. The summed E-state index contributed by atoms with van der Waals surface area (Å²) in [7, 11) is -3.83. The third-order valence-corrected chi connectivity index (χ3v) is 8.40. The van der Waals surface area contributed by atoms with Crippen molar-refractivity contribution in [3.63, 3.8) is 0 Å². The van der Waals surface area contributed by atoms with Crippen LogP contribution in [0.1, 0.15) is 32.6 Å². The molecule has 0 bridgehead atoms. The van der Waals surface area contributed by atoms with E-state index in [2.05, 4.69) is 0 Å². The highest BCUT2D eigenvalue weighted by atomic mass is 35.5. The average molecular weight is 473 g/mol. The summed E-state index contributed by atoms with van der Waals surface area (Å²) >= 11 is 5.97. The Bertz CT molecular complexity index is 882. The Hall–Kier alpha value is -1.39. The zero-order chi connectivity index (χ0) is 22.1. The van der Waals surface area contributed by atoms with Gasteiger partial charge in [-0.05, 0) is 43.5 Å². The number of hydrogen-bond donors (Lipinski definition) is 0. The van der Waals surface area contributed by atoms with Crippen LogP contribution in [0.15, 0.2) is 29.2 Å². The number of carbonyl (C=O) groups is 1. The van der Waals surface area contributed by atoms with Crippen molar-refractivity contribution in [3.05, 3.63) is 29.3 Å². The van der Waals surface area contributed by atoms with Crippen LogP contribution in [0.4, 0.5) is 4.79 Å². The molecule has 3 fully saturated rings. The molecule has 31 heavy (non-hydrogen) atoms. The minimum atomic E-state index is -3.83. The van der Waals surface area contributed by atoms with Crippen molar-refractivity contribution in [1.82, 2.24) is 9.21 Å². The Morgan fingerprint density at radius 1 is 1.16 bits per heavy atom. The number of nitrogens with zero attached hydrogens (tertiary/aromatic N) is 2. The second-order valence-corrected chi connectivity index (χ2v) is 10.6. The number of carbonyl (C=O) groups excluding carboxylic acids is 1. The quantitative estimate of drug-likeness (QED) is 0.632. The number of ether oxygens (including phenoxy) is 3. The van der Waals surface area contributed by atoms with E-state index >= 15 is 0 Å². The number of amides is 1. The predicted octanol–water partition coefficient (Wildman–Crippen LogP) is 2.90. The molecule has 2 saturated heterocycles. The van der Waals surface area contributed by atoms with Gasteiger partial charge in [0.2, 0.25) is 10.0 Å². The van der Waals surface area contributed by atoms with Gasteiger partial charge < -0.3 is 19.1 Å². The molecular formula is C21H29ClN2O6S. The lowest BCUT2D eigenvalue weighted by atomic mass is 10.0. The summed E-state index contributed by atoms with van der Waals surface area (Å²) in [6.07, 6.45) is 2.29. The molecular weight excluding hydrogens is 444 g/mol. The van der Waals surface area contributed by atoms with Crippen molar-refractivity contribution in [2.45, 2.75) is 55.2 Å². The van der Waals surface area contributed by atoms with Crippen LogP contribution in [-0.2, 0) is 24.2 Å². The maximum absolute atomic E-state index is 13.7. The molecule has 8 nitrogen and oxygen atoms in total. The van der Waals surface area contributed by atoms with Crippen molar-refractivity contribution >= 4 is 27.7 Å². The minimum absolute atomic E-state index is 0.181. The predicted molar refractivity (Wildman–Crippen MR) is 115 cm³/mol. The van der Waals surface area contributed by atoms with Crippen LogP contribution in [0, 0.1) is 0 Å². The molecule has 1 aromatic carbocycles. The molecule has 3 aliphatic rings. The van der Waals surface area contributed by atoms with Crippen LogP contribution in [0.2, 0.25) is 5.02 Å². The van der Waals surface area contributed by atoms with Gasteiger partial charge in [0.25, 0.3) is 0 Å². The van der Waals surface area contributed by atoms with Crippen molar-refractivity contribution in [1.29, 1.82) is 0 Å². The Labute approximate surface area is 188 Å². The van der Waals surface area contributed by atoms with Gasteiger partial charge in [-0.15, -0.1) is 0 Å². The summed E-state index contributed by atoms with van der Waals surface area (Å²) in [5.41, 5.74) is -0.860. The highest BCUT2D eigenvalue weighted by Gasteiger charge is 2.60. The van der Waals surface area contributed by atoms with E-state index in [1.807, 2.05) is 6.92 Å². The molecule has 0 N–H and O–H groups in total. The standard InChI is InChI=1S/C21H29ClN2O6S/c1-2-3-17-14-29-15-19(24(17)31(26,27)18-6-4-16(22)5-7-18)21(8-9-21)30-20(25)23-10-12-28-13-11-23/h4-7,17,19H,2-3,8-15H2,1H3/t17-,19-/m1/s1. The van der Waals surface area contributed by atoms with E-state index in [4.69, 9.17) is 25.8 Å². The summed E-state index contributed by atoms with van der Waals surface area (Å²) in [5, 5.41) is 0.473. The SMILES string of the molecule is CCC[C@@H]1COC[C@H](C2(OC(=O)N3CCOCC3)CC2)N1S(=O)(=O)c1ccc(Cl)cc1. The lowest BCUT2D eigenvalue weighted by molar-refractivity contribution is -0.0762. The van der Waals surface area contributed by atoms with Crippen LogP contribution in [0.3, 0.4) is 0 Å². The Kier molecular flexibility index (Phi) is 6.79. The fourth-order valence-corrected chi connectivity index (χ4v) is 6.34. The summed E-state index contributed by atoms with van der Waals surface area (Å²) in [6, 6.07) is 5.31. The Morgan fingerprint density at radius 3 is 2.45 bits per heavy atom. The monoisotopic (exact) mass is 472 g/mol. The first-order valence-electron chi connectivity index (χ1n) is 10.8. The zero-order valence-electron chi connectivity index (χ0n) is 17.7. The van der Waals surface area contributed by atoms with Crippen LogP contribution < -0.4 is 0 Å². The number of rotatable bonds is 6. The van der Waals surface area contributed by atoms with Crippen LogP contribution in [-0.4, -0.2) is 80.9 Å². The summed E-state index contributed by atoms with van der Waals surface area (Å²) in [6.45, 7) is 4.44. The Morgan fingerprint density at radius 2 is 1.84 bits per heavy atom. The van der Waals surface area contributed by atoms with Gasteiger partial charge in [-0.3, -0.25) is 0 Å². The highest BCUT2D eigenvalue weighted by Crippen LogP contribution is 2.48. The number of benzene rings is 1. The molecule has 2 heterocycles. The molecule has 4 rings (SSSR count). The van der Waals surface area contributed by atoms with Gasteiger partial charge in [0.15, 0.2) is 0 Å². The second-order valence-electron chi connectivity index (χ2n) is 8.32. The number of sulfonamides is 1. The maximum Gasteiger partial charge on any atom is 0.410 e. The van der Waals surface area contributed by atoms with Gasteiger partial charge in [-0.1, -0.05) is 24.9 Å². The molecule has 1 saturated carbocycles. The summed E-state index contributed by atoms with van der Waals surface area (Å²) < 4.78 is 46.1.